The number of nitrogens with one attached hydrogen (secondary N) is 1. The van der Waals surface area contributed by atoms with Gasteiger partial charge in [0, 0.05) is 27.7 Å². The normalized spacial score (nSPS) is 11.4. The second kappa shape index (κ2) is 5.88. The van der Waals surface area contributed by atoms with Crippen LogP contribution in [-0.4, -0.2) is 10.8 Å². The van der Waals surface area contributed by atoms with Crippen molar-refractivity contribution in [1.29, 1.82) is 5.26 Å². The molecule has 0 aliphatic heterocycles. The summed E-state index contributed by atoms with van der Waals surface area (Å²) in [6.07, 6.45) is 3.21. The topological polar surface area (TPSA) is 56.6 Å². The molecule has 3 rings (SSSR count). The number of para-hydroxylation sites is 1. The largest absolute Gasteiger partial charge is 0.360 e. The molecule has 4 heteroatoms. The van der Waals surface area contributed by atoms with Crippen molar-refractivity contribution < 1.29 is 4.79 Å². The van der Waals surface area contributed by atoms with E-state index in [0.717, 1.165) is 16.5 Å². The first-order valence-electron chi connectivity index (χ1n) is 6.67. The Morgan fingerprint density at radius 3 is 2.59 bits per heavy atom. The molecule has 0 radical (unpaired) electrons. The molecule has 2 aromatic carbocycles. The number of nitriles is 1. The molecule has 0 unspecified atom stereocenters. The first kappa shape index (κ1) is 14.1. The molecule has 106 valence electrons. The first-order chi connectivity index (χ1) is 10.7. The maximum absolute atomic E-state index is 12.6. The predicted octanol–water partition coefficient (Wildman–Crippen LogP) is 4.61. The fourth-order valence-electron chi connectivity index (χ4n) is 2.28. The van der Waals surface area contributed by atoms with Gasteiger partial charge in [-0.25, -0.2) is 0 Å². The minimum absolute atomic E-state index is 0.0899. The van der Waals surface area contributed by atoms with Gasteiger partial charge in [0.15, 0.2) is 0 Å². The number of hydrogen-bond acceptors (Lipinski definition) is 2. The third-order valence-corrected chi connectivity index (χ3v) is 3.63. The lowest BCUT2D eigenvalue weighted by atomic mass is 10.0. The number of rotatable bonds is 3. The van der Waals surface area contributed by atoms with Crippen molar-refractivity contribution in [3.8, 4) is 6.07 Å². The first-order valence-corrected chi connectivity index (χ1v) is 7.05. The minimum atomic E-state index is -0.296. The van der Waals surface area contributed by atoms with Crippen molar-refractivity contribution in [3.05, 3.63) is 76.5 Å². The Kier molecular flexibility index (Phi) is 3.78. The van der Waals surface area contributed by atoms with Gasteiger partial charge in [-0.1, -0.05) is 41.9 Å². The maximum Gasteiger partial charge on any atom is 0.205 e. The van der Waals surface area contributed by atoms with Gasteiger partial charge in [0.05, 0.1) is 0 Å². The van der Waals surface area contributed by atoms with Crippen LogP contribution in [0.5, 0.6) is 0 Å². The van der Waals surface area contributed by atoms with E-state index in [9.17, 15) is 10.1 Å². The summed E-state index contributed by atoms with van der Waals surface area (Å²) in [7, 11) is 0. The Labute approximate surface area is 132 Å². The monoisotopic (exact) mass is 306 g/mol. The van der Waals surface area contributed by atoms with Crippen molar-refractivity contribution in [2.24, 2.45) is 0 Å². The molecule has 0 aliphatic carbocycles. The Balaban J connectivity index is 2.02. The lowest BCUT2D eigenvalue weighted by molar-refractivity contribution is 0.104. The second-order valence-electron chi connectivity index (χ2n) is 4.80. The van der Waals surface area contributed by atoms with Crippen LogP contribution in [0.1, 0.15) is 15.9 Å². The van der Waals surface area contributed by atoms with E-state index in [-0.39, 0.29) is 11.4 Å². The third kappa shape index (κ3) is 2.65. The Bertz CT molecular complexity index is 914. The number of ketones is 1. The van der Waals surface area contributed by atoms with Gasteiger partial charge in [0.1, 0.15) is 11.6 Å². The number of benzene rings is 2. The molecular weight excluding hydrogens is 296 g/mol. The summed E-state index contributed by atoms with van der Waals surface area (Å²) in [6, 6.07) is 16.5. The molecule has 22 heavy (non-hydrogen) atoms. The van der Waals surface area contributed by atoms with E-state index in [1.54, 1.807) is 36.5 Å². The summed E-state index contributed by atoms with van der Waals surface area (Å²) < 4.78 is 0. The summed E-state index contributed by atoms with van der Waals surface area (Å²) >= 11 is 5.83. The number of allylic oxidation sites excluding steroid dienone is 1. The van der Waals surface area contributed by atoms with E-state index in [4.69, 9.17) is 11.6 Å². The Hall–Kier alpha value is -2.83. The average molecular weight is 307 g/mol. The highest BCUT2D eigenvalue weighted by Crippen LogP contribution is 2.22. The quantitative estimate of drug-likeness (QED) is 0.436. The highest BCUT2D eigenvalue weighted by molar-refractivity contribution is 6.30. The van der Waals surface area contributed by atoms with Crippen molar-refractivity contribution in [3.63, 3.8) is 0 Å². The van der Waals surface area contributed by atoms with Crippen molar-refractivity contribution in [1.82, 2.24) is 4.98 Å². The number of nitrogens with zero attached hydrogens (tertiary/aromatic N) is 1. The molecule has 1 N–H and O–H groups in total. The van der Waals surface area contributed by atoms with Gasteiger partial charge < -0.3 is 4.98 Å². The summed E-state index contributed by atoms with van der Waals surface area (Å²) in [5.41, 5.74) is 2.22. The molecule has 1 heterocycles. The number of fused-ring (bicyclic) bond motifs is 1. The van der Waals surface area contributed by atoms with Crippen molar-refractivity contribution >= 4 is 34.4 Å². The van der Waals surface area contributed by atoms with Gasteiger partial charge in [0.25, 0.3) is 0 Å². The lowest BCUT2D eigenvalue weighted by Gasteiger charge is -1.99. The summed E-state index contributed by atoms with van der Waals surface area (Å²) in [6.45, 7) is 0. The van der Waals surface area contributed by atoms with E-state index in [1.807, 2.05) is 30.3 Å². The van der Waals surface area contributed by atoms with E-state index >= 15 is 0 Å². The molecule has 0 fully saturated rings. The zero-order valence-corrected chi connectivity index (χ0v) is 12.3. The van der Waals surface area contributed by atoms with E-state index in [0.29, 0.717) is 10.6 Å². The van der Waals surface area contributed by atoms with E-state index < -0.39 is 0 Å². The van der Waals surface area contributed by atoms with Crippen LogP contribution in [0.4, 0.5) is 0 Å². The Morgan fingerprint density at radius 1 is 1.14 bits per heavy atom. The van der Waals surface area contributed by atoms with Crippen LogP contribution in [0.15, 0.2) is 60.3 Å². The summed E-state index contributed by atoms with van der Waals surface area (Å²) in [5.74, 6) is -0.296. The van der Waals surface area contributed by atoms with Crippen LogP contribution in [0, 0.1) is 11.3 Å². The zero-order valence-electron chi connectivity index (χ0n) is 11.5. The molecular formula is C18H11ClN2O. The van der Waals surface area contributed by atoms with Crippen LogP contribution in [0.3, 0.4) is 0 Å². The number of hydrogen-bond donors (Lipinski definition) is 1. The molecule has 0 amide bonds. The van der Waals surface area contributed by atoms with Gasteiger partial charge in [0.2, 0.25) is 5.78 Å². The zero-order chi connectivity index (χ0) is 15.5. The highest BCUT2D eigenvalue weighted by atomic mass is 35.5. The number of Topliss-reactive ketones (excluding diaryl/α,β-unsaturated/α-hetero) is 1. The number of carbonyl (C=O) groups excluding carboxylic acids is 1. The van der Waals surface area contributed by atoms with E-state index in [1.165, 1.54) is 0 Å². The van der Waals surface area contributed by atoms with Crippen molar-refractivity contribution in [2.45, 2.75) is 0 Å². The Morgan fingerprint density at radius 2 is 1.86 bits per heavy atom. The van der Waals surface area contributed by atoms with Gasteiger partial charge >= 0.3 is 0 Å². The predicted molar refractivity (Wildman–Crippen MR) is 87.7 cm³/mol. The lowest BCUT2D eigenvalue weighted by Crippen LogP contribution is -2.00. The average Bonchev–Trinajstić information content (AvgIpc) is 2.98. The number of aromatic amines is 1. The second-order valence-corrected chi connectivity index (χ2v) is 5.23. The van der Waals surface area contributed by atoms with Crippen LogP contribution in [-0.2, 0) is 0 Å². The van der Waals surface area contributed by atoms with E-state index in [2.05, 4.69) is 4.98 Å². The van der Waals surface area contributed by atoms with Crippen LogP contribution in [0.25, 0.3) is 17.0 Å². The van der Waals surface area contributed by atoms with Gasteiger partial charge in [-0.3, -0.25) is 4.79 Å². The maximum atomic E-state index is 12.6. The number of aromatic nitrogens is 1. The summed E-state index contributed by atoms with van der Waals surface area (Å²) in [5, 5.41) is 10.7. The summed E-state index contributed by atoms with van der Waals surface area (Å²) in [4.78, 5) is 15.6. The molecule has 3 aromatic rings. The number of halogens is 1. The molecule has 0 atom stereocenters. The SMILES string of the molecule is N#C/C(=C\c1ccc(Cl)cc1)C(=O)c1c[nH]c2ccccc12. The molecule has 1 aromatic heterocycles. The molecule has 0 saturated heterocycles. The van der Waals surface area contributed by atoms with Crippen molar-refractivity contribution in [2.75, 3.05) is 0 Å². The van der Waals surface area contributed by atoms with Gasteiger partial charge in [-0.05, 0) is 29.8 Å². The molecule has 0 saturated carbocycles. The van der Waals surface area contributed by atoms with Gasteiger partial charge in [-0.15, -0.1) is 0 Å². The number of H-pyrrole nitrogens is 1. The van der Waals surface area contributed by atoms with Crippen LogP contribution in [0.2, 0.25) is 5.02 Å². The van der Waals surface area contributed by atoms with Crippen LogP contribution >= 0.6 is 11.6 Å². The fraction of sp³-hybridized carbons (Fsp3) is 0. The fourth-order valence-corrected chi connectivity index (χ4v) is 2.40. The standard InChI is InChI=1S/C18H11ClN2O/c19-14-7-5-12(6-8-14)9-13(10-20)18(22)16-11-21-17-4-2-1-3-15(16)17/h1-9,11,21H/b13-9+. The van der Waals surface area contributed by atoms with Crippen LogP contribution < -0.4 is 0 Å². The number of carbonyl (C=O) groups is 1. The highest BCUT2D eigenvalue weighted by Gasteiger charge is 2.16. The molecule has 0 spiro atoms. The minimum Gasteiger partial charge on any atom is -0.360 e. The van der Waals surface area contributed by atoms with Gasteiger partial charge in [-0.2, -0.15) is 5.26 Å². The molecule has 3 nitrogen and oxygen atoms in total. The third-order valence-electron chi connectivity index (χ3n) is 3.38. The smallest absolute Gasteiger partial charge is 0.205 e. The molecule has 0 bridgehead atoms. The molecule has 0 aliphatic rings.